The lowest BCUT2D eigenvalue weighted by molar-refractivity contribution is 0.138. The van der Waals surface area contributed by atoms with Crippen molar-refractivity contribution in [2.75, 3.05) is 52.6 Å². The summed E-state index contributed by atoms with van der Waals surface area (Å²) in [7, 11) is -1.15. The number of carbonyl (C=O) groups excluding carboxylic acids is 1. The van der Waals surface area contributed by atoms with E-state index in [1.807, 2.05) is 53.4 Å². The Labute approximate surface area is 211 Å². The lowest BCUT2D eigenvalue weighted by Crippen LogP contribution is -2.53. The number of hydrogen-bond donors (Lipinski definition) is 0. The Balaban J connectivity index is 1.49. The van der Waals surface area contributed by atoms with Gasteiger partial charge in [0.2, 0.25) is 10.0 Å². The van der Waals surface area contributed by atoms with Crippen LogP contribution in [0.25, 0.3) is 0 Å². The Hall–Kier alpha value is -1.84. The van der Waals surface area contributed by atoms with E-state index in [9.17, 15) is 13.2 Å². The molecule has 2 aromatic carbocycles. The standard InChI is InChI=1S/C24H30Cl2N4O3S/c1-27(15-18-3-7-20(25)8-4-18)23-17-29(16-22(23)19-5-9-21(26)10-6-19)24(31)28-11-13-30(14-12-28)34(2,32)33/h3-10,22-23H,11-17H2,1-2H3. The molecule has 2 aliphatic rings. The first-order chi connectivity index (χ1) is 16.1. The van der Waals surface area contributed by atoms with E-state index in [1.165, 1.54) is 10.6 Å². The number of carbonyl (C=O) groups is 1. The van der Waals surface area contributed by atoms with Gasteiger partial charge < -0.3 is 9.80 Å². The number of nitrogens with zero attached hydrogens (tertiary/aromatic N) is 4. The van der Waals surface area contributed by atoms with Crippen LogP contribution in [-0.2, 0) is 16.6 Å². The zero-order valence-corrected chi connectivity index (χ0v) is 21.7. The van der Waals surface area contributed by atoms with Crippen LogP contribution in [0.1, 0.15) is 17.0 Å². The van der Waals surface area contributed by atoms with E-state index in [2.05, 4.69) is 11.9 Å². The molecule has 2 aliphatic heterocycles. The molecule has 0 saturated carbocycles. The maximum Gasteiger partial charge on any atom is 0.320 e. The summed E-state index contributed by atoms with van der Waals surface area (Å²) in [6.07, 6.45) is 1.21. The molecule has 0 aliphatic carbocycles. The molecule has 0 radical (unpaired) electrons. The first kappa shape index (κ1) is 25.3. The molecule has 2 aromatic rings. The molecule has 10 heteroatoms. The van der Waals surface area contributed by atoms with Gasteiger partial charge in [-0.2, -0.15) is 4.31 Å². The number of sulfonamides is 1. The second-order valence-corrected chi connectivity index (χ2v) is 12.0. The summed E-state index contributed by atoms with van der Waals surface area (Å²) in [5.74, 6) is 0.135. The number of benzene rings is 2. The molecule has 2 unspecified atom stereocenters. The van der Waals surface area contributed by atoms with Crippen LogP contribution in [0.3, 0.4) is 0 Å². The van der Waals surface area contributed by atoms with Crippen molar-refractivity contribution in [2.45, 2.75) is 18.5 Å². The third-order valence-corrected chi connectivity index (χ3v) is 8.55. The van der Waals surface area contributed by atoms with Crippen LogP contribution in [0.4, 0.5) is 4.79 Å². The number of likely N-dealkylation sites (tertiary alicyclic amines) is 1. The molecule has 0 aromatic heterocycles. The minimum Gasteiger partial charge on any atom is -0.322 e. The molecule has 4 rings (SSSR count). The van der Waals surface area contributed by atoms with Gasteiger partial charge in [-0.3, -0.25) is 4.90 Å². The van der Waals surface area contributed by atoms with Crippen molar-refractivity contribution < 1.29 is 13.2 Å². The minimum absolute atomic E-state index is 0.0329. The smallest absolute Gasteiger partial charge is 0.320 e. The summed E-state index contributed by atoms with van der Waals surface area (Å²) >= 11 is 12.2. The highest BCUT2D eigenvalue weighted by atomic mass is 35.5. The Kier molecular flexibility index (Phi) is 7.74. The zero-order valence-electron chi connectivity index (χ0n) is 19.4. The molecule has 7 nitrogen and oxygen atoms in total. The summed E-state index contributed by atoms with van der Waals surface area (Å²) in [4.78, 5) is 19.3. The van der Waals surface area contributed by atoms with Crippen molar-refractivity contribution in [1.29, 1.82) is 0 Å². The molecule has 2 saturated heterocycles. The highest BCUT2D eigenvalue weighted by Crippen LogP contribution is 2.33. The van der Waals surface area contributed by atoms with Gasteiger partial charge in [0.05, 0.1) is 6.26 Å². The van der Waals surface area contributed by atoms with E-state index in [-0.39, 0.29) is 18.0 Å². The molecule has 2 heterocycles. The van der Waals surface area contributed by atoms with Crippen LogP contribution in [0.2, 0.25) is 10.0 Å². The molecule has 2 amide bonds. The maximum absolute atomic E-state index is 13.4. The molecule has 34 heavy (non-hydrogen) atoms. The fraction of sp³-hybridized carbons (Fsp3) is 0.458. The molecule has 0 N–H and O–H groups in total. The molecule has 2 atom stereocenters. The highest BCUT2D eigenvalue weighted by Gasteiger charge is 2.40. The first-order valence-corrected chi connectivity index (χ1v) is 13.9. The minimum atomic E-state index is -3.24. The Morgan fingerprint density at radius 3 is 2.03 bits per heavy atom. The summed E-state index contributed by atoms with van der Waals surface area (Å²) in [6, 6.07) is 15.8. The van der Waals surface area contributed by atoms with Crippen molar-refractivity contribution in [2.24, 2.45) is 0 Å². The number of likely N-dealkylation sites (N-methyl/N-ethyl adjacent to an activating group) is 1. The third kappa shape index (κ3) is 5.86. The second-order valence-electron chi connectivity index (χ2n) is 9.10. The molecular weight excluding hydrogens is 495 g/mol. The lowest BCUT2D eigenvalue weighted by Gasteiger charge is -2.35. The van der Waals surface area contributed by atoms with Crippen LogP contribution in [0.5, 0.6) is 0 Å². The predicted octanol–water partition coefficient (Wildman–Crippen LogP) is 3.59. The average Bonchev–Trinajstić information content (AvgIpc) is 3.26. The summed E-state index contributed by atoms with van der Waals surface area (Å²) in [5.41, 5.74) is 2.30. The quantitative estimate of drug-likeness (QED) is 0.599. The fourth-order valence-corrected chi connectivity index (χ4v) is 5.91. The van der Waals surface area contributed by atoms with Crippen molar-refractivity contribution in [3.63, 3.8) is 0 Å². The van der Waals surface area contributed by atoms with E-state index < -0.39 is 10.0 Å². The van der Waals surface area contributed by atoms with Gasteiger partial charge in [0.15, 0.2) is 0 Å². The molecule has 0 bridgehead atoms. The van der Waals surface area contributed by atoms with Gasteiger partial charge in [-0.1, -0.05) is 47.5 Å². The van der Waals surface area contributed by atoms with Crippen molar-refractivity contribution in [3.8, 4) is 0 Å². The summed E-state index contributed by atoms with van der Waals surface area (Å²) < 4.78 is 25.1. The molecule has 2 fully saturated rings. The summed E-state index contributed by atoms with van der Waals surface area (Å²) in [5, 5.41) is 1.39. The Morgan fingerprint density at radius 2 is 1.47 bits per heavy atom. The lowest BCUT2D eigenvalue weighted by atomic mass is 9.93. The number of hydrogen-bond acceptors (Lipinski definition) is 4. The van der Waals surface area contributed by atoms with Gasteiger partial charge in [-0.05, 0) is 42.4 Å². The van der Waals surface area contributed by atoms with Gasteiger partial charge in [0.25, 0.3) is 0 Å². The fourth-order valence-electron chi connectivity index (χ4n) is 4.83. The van der Waals surface area contributed by atoms with Gasteiger partial charge >= 0.3 is 6.03 Å². The zero-order chi connectivity index (χ0) is 24.5. The van der Waals surface area contributed by atoms with E-state index in [0.29, 0.717) is 49.3 Å². The molecular formula is C24H30Cl2N4O3S. The topological polar surface area (TPSA) is 64.2 Å². The number of piperazine rings is 1. The SMILES string of the molecule is CN(Cc1ccc(Cl)cc1)C1CN(C(=O)N2CCN(S(C)(=O)=O)CC2)CC1c1ccc(Cl)cc1. The van der Waals surface area contributed by atoms with E-state index in [1.54, 1.807) is 4.90 Å². The first-order valence-electron chi connectivity index (χ1n) is 11.3. The predicted molar refractivity (Wildman–Crippen MR) is 136 cm³/mol. The van der Waals surface area contributed by atoms with Crippen LogP contribution < -0.4 is 0 Å². The molecule has 184 valence electrons. The maximum atomic E-state index is 13.4. The average molecular weight is 526 g/mol. The molecule has 0 spiro atoms. The Bertz CT molecular complexity index is 1100. The largest absolute Gasteiger partial charge is 0.322 e. The van der Waals surface area contributed by atoms with E-state index in [4.69, 9.17) is 23.2 Å². The van der Waals surface area contributed by atoms with Gasteiger partial charge in [0, 0.05) is 67.8 Å². The second kappa shape index (κ2) is 10.4. The van der Waals surface area contributed by atoms with Gasteiger partial charge in [0.1, 0.15) is 0 Å². The van der Waals surface area contributed by atoms with Crippen molar-refractivity contribution in [3.05, 3.63) is 69.7 Å². The number of urea groups is 1. The number of rotatable bonds is 5. The van der Waals surface area contributed by atoms with Crippen LogP contribution in [0, 0.1) is 0 Å². The van der Waals surface area contributed by atoms with Crippen molar-refractivity contribution in [1.82, 2.24) is 19.0 Å². The number of amides is 2. The Morgan fingerprint density at radius 1 is 0.912 bits per heavy atom. The highest BCUT2D eigenvalue weighted by molar-refractivity contribution is 7.88. The van der Waals surface area contributed by atoms with Gasteiger partial charge in [-0.15, -0.1) is 0 Å². The van der Waals surface area contributed by atoms with Crippen molar-refractivity contribution >= 4 is 39.3 Å². The van der Waals surface area contributed by atoms with Crippen LogP contribution >= 0.6 is 23.2 Å². The van der Waals surface area contributed by atoms with Gasteiger partial charge in [-0.25, -0.2) is 13.2 Å². The summed E-state index contributed by atoms with van der Waals surface area (Å²) in [6.45, 7) is 3.41. The van der Waals surface area contributed by atoms with Crippen LogP contribution in [-0.4, -0.2) is 92.1 Å². The normalized spacial score (nSPS) is 21.9. The number of halogens is 2. The third-order valence-electron chi connectivity index (χ3n) is 6.75. The monoisotopic (exact) mass is 524 g/mol. The van der Waals surface area contributed by atoms with E-state index in [0.717, 1.165) is 17.7 Å². The van der Waals surface area contributed by atoms with E-state index >= 15 is 0 Å². The van der Waals surface area contributed by atoms with Crippen LogP contribution in [0.15, 0.2) is 48.5 Å².